The molecule has 0 unspecified atom stereocenters. The van der Waals surface area contributed by atoms with Crippen molar-refractivity contribution in [3.05, 3.63) is 18.2 Å². The van der Waals surface area contributed by atoms with Crippen molar-refractivity contribution < 1.29 is 22.7 Å². The van der Waals surface area contributed by atoms with Gasteiger partial charge in [0.15, 0.2) is 0 Å². The Hall–Kier alpha value is -2.13. The van der Waals surface area contributed by atoms with Gasteiger partial charge in [-0.1, -0.05) is 0 Å². The lowest BCUT2D eigenvalue weighted by Gasteiger charge is -2.31. The van der Waals surface area contributed by atoms with E-state index in [4.69, 9.17) is 9.88 Å². The van der Waals surface area contributed by atoms with E-state index in [1.54, 1.807) is 4.90 Å². The Balaban J connectivity index is 2.16. The zero-order valence-corrected chi connectivity index (χ0v) is 14.4. The van der Waals surface area contributed by atoms with E-state index in [1.165, 1.54) is 32.2 Å². The summed E-state index contributed by atoms with van der Waals surface area (Å²) in [5.74, 6) is -0.543. The average Bonchev–Trinajstić information content (AvgIpc) is 2.54. The second-order valence-corrected chi connectivity index (χ2v) is 7.23. The summed E-state index contributed by atoms with van der Waals surface area (Å²) in [5, 5.41) is 7.84. The highest BCUT2D eigenvalue weighted by molar-refractivity contribution is 7.89. The SMILES string of the molecule is COc1ccc(NC(=O)[C@H]2CCCN(C(C)=O)C2)cc1S(N)(=O)=O. The number of rotatable bonds is 4. The molecule has 1 aliphatic heterocycles. The smallest absolute Gasteiger partial charge is 0.241 e. The van der Waals surface area contributed by atoms with E-state index in [0.29, 0.717) is 25.2 Å². The van der Waals surface area contributed by atoms with E-state index in [-0.39, 0.29) is 28.4 Å². The molecule has 0 saturated carbocycles. The zero-order valence-electron chi connectivity index (χ0n) is 13.6. The number of nitrogens with two attached hydrogens (primary N) is 1. The van der Waals surface area contributed by atoms with Gasteiger partial charge in [0.1, 0.15) is 10.6 Å². The number of likely N-dealkylation sites (tertiary alicyclic amines) is 1. The second-order valence-electron chi connectivity index (χ2n) is 5.70. The van der Waals surface area contributed by atoms with Gasteiger partial charge in [0, 0.05) is 25.7 Å². The van der Waals surface area contributed by atoms with Crippen molar-refractivity contribution in [1.82, 2.24) is 4.90 Å². The monoisotopic (exact) mass is 355 g/mol. The number of ether oxygens (including phenoxy) is 1. The lowest BCUT2D eigenvalue weighted by molar-refractivity contribution is -0.132. The van der Waals surface area contributed by atoms with Crippen molar-refractivity contribution in [1.29, 1.82) is 0 Å². The summed E-state index contributed by atoms with van der Waals surface area (Å²) in [6.07, 6.45) is 1.43. The Bertz CT molecular complexity index is 747. The van der Waals surface area contributed by atoms with Gasteiger partial charge in [-0.05, 0) is 31.0 Å². The van der Waals surface area contributed by atoms with Crippen LogP contribution in [-0.2, 0) is 19.6 Å². The number of carbonyl (C=O) groups excluding carboxylic acids is 2. The molecule has 1 saturated heterocycles. The lowest BCUT2D eigenvalue weighted by atomic mass is 9.97. The van der Waals surface area contributed by atoms with Crippen LogP contribution in [0, 0.1) is 5.92 Å². The minimum atomic E-state index is -3.98. The number of hydrogen-bond donors (Lipinski definition) is 2. The van der Waals surface area contributed by atoms with Crippen LogP contribution in [0.2, 0.25) is 0 Å². The van der Waals surface area contributed by atoms with Gasteiger partial charge in [-0.2, -0.15) is 0 Å². The molecule has 0 bridgehead atoms. The predicted molar refractivity (Wildman–Crippen MR) is 88.0 cm³/mol. The molecule has 9 heteroatoms. The second kappa shape index (κ2) is 7.18. The van der Waals surface area contributed by atoms with E-state index in [2.05, 4.69) is 5.32 Å². The van der Waals surface area contributed by atoms with Crippen molar-refractivity contribution in [3.63, 3.8) is 0 Å². The first-order chi connectivity index (χ1) is 11.2. The van der Waals surface area contributed by atoms with Crippen molar-refractivity contribution in [3.8, 4) is 5.75 Å². The fourth-order valence-electron chi connectivity index (χ4n) is 2.70. The van der Waals surface area contributed by atoms with Crippen molar-refractivity contribution in [2.24, 2.45) is 11.1 Å². The van der Waals surface area contributed by atoms with E-state index >= 15 is 0 Å². The molecule has 3 N–H and O–H groups in total. The number of nitrogens with one attached hydrogen (secondary N) is 1. The summed E-state index contributed by atoms with van der Waals surface area (Å²) in [5.41, 5.74) is 0.310. The van der Waals surface area contributed by atoms with Gasteiger partial charge in [0.05, 0.1) is 13.0 Å². The summed E-state index contributed by atoms with van der Waals surface area (Å²) in [6, 6.07) is 4.23. The number of amides is 2. The Morgan fingerprint density at radius 1 is 1.38 bits per heavy atom. The third-order valence-electron chi connectivity index (χ3n) is 3.98. The largest absolute Gasteiger partial charge is 0.495 e. The molecule has 1 heterocycles. The predicted octanol–water partition coefficient (Wildman–Crippen LogP) is 0.540. The summed E-state index contributed by atoms with van der Waals surface area (Å²) < 4.78 is 28.2. The number of carbonyl (C=O) groups is 2. The molecule has 0 aliphatic carbocycles. The van der Waals surface area contributed by atoms with Crippen LogP contribution in [0.25, 0.3) is 0 Å². The highest BCUT2D eigenvalue weighted by Gasteiger charge is 2.27. The first kappa shape index (κ1) is 18.2. The maximum atomic E-state index is 12.4. The number of benzene rings is 1. The quantitative estimate of drug-likeness (QED) is 0.817. The molecule has 132 valence electrons. The maximum absolute atomic E-state index is 12.4. The fraction of sp³-hybridized carbons (Fsp3) is 0.467. The number of anilines is 1. The van der Waals surface area contributed by atoms with Crippen LogP contribution in [0.5, 0.6) is 5.75 Å². The van der Waals surface area contributed by atoms with Gasteiger partial charge in [-0.25, -0.2) is 13.6 Å². The Labute approximate surface area is 141 Å². The number of primary sulfonamides is 1. The third-order valence-corrected chi connectivity index (χ3v) is 4.91. The topological polar surface area (TPSA) is 119 Å². The fourth-order valence-corrected chi connectivity index (χ4v) is 3.42. The molecule has 0 spiro atoms. The molecule has 0 radical (unpaired) electrons. The molecule has 1 aliphatic rings. The van der Waals surface area contributed by atoms with E-state index in [1.807, 2.05) is 0 Å². The van der Waals surface area contributed by atoms with Crippen molar-refractivity contribution >= 4 is 27.5 Å². The molecule has 2 amide bonds. The lowest BCUT2D eigenvalue weighted by Crippen LogP contribution is -2.42. The summed E-state index contributed by atoms with van der Waals surface area (Å²) in [4.78, 5) is 25.3. The van der Waals surface area contributed by atoms with E-state index in [0.717, 1.165) is 6.42 Å². The van der Waals surface area contributed by atoms with Gasteiger partial charge >= 0.3 is 0 Å². The molecule has 8 nitrogen and oxygen atoms in total. The van der Waals surface area contributed by atoms with Crippen LogP contribution in [0.4, 0.5) is 5.69 Å². The van der Waals surface area contributed by atoms with Crippen LogP contribution in [0.3, 0.4) is 0 Å². The van der Waals surface area contributed by atoms with Crippen LogP contribution in [0.1, 0.15) is 19.8 Å². The van der Waals surface area contributed by atoms with Gasteiger partial charge in [-0.15, -0.1) is 0 Å². The number of hydrogen-bond acceptors (Lipinski definition) is 5. The Morgan fingerprint density at radius 3 is 2.67 bits per heavy atom. The molecule has 1 atom stereocenters. The van der Waals surface area contributed by atoms with Gasteiger partial charge in [-0.3, -0.25) is 9.59 Å². The first-order valence-electron chi connectivity index (χ1n) is 7.49. The number of piperidine rings is 1. The van der Waals surface area contributed by atoms with E-state index in [9.17, 15) is 18.0 Å². The Kier molecular flexibility index (Phi) is 5.45. The molecule has 1 aromatic rings. The minimum absolute atomic E-state index is 0.0616. The molecule has 2 rings (SSSR count). The van der Waals surface area contributed by atoms with Crippen LogP contribution in [0.15, 0.2) is 23.1 Å². The molecule has 24 heavy (non-hydrogen) atoms. The average molecular weight is 355 g/mol. The number of methoxy groups -OCH3 is 1. The molecular weight excluding hydrogens is 334 g/mol. The highest BCUT2D eigenvalue weighted by Crippen LogP contribution is 2.27. The normalized spacial score (nSPS) is 18.1. The van der Waals surface area contributed by atoms with Crippen LogP contribution >= 0.6 is 0 Å². The number of sulfonamides is 1. The summed E-state index contributed by atoms with van der Waals surface area (Å²) in [6.45, 7) is 2.48. The number of nitrogens with zero attached hydrogens (tertiary/aromatic N) is 1. The molecule has 0 aromatic heterocycles. The van der Waals surface area contributed by atoms with Crippen molar-refractivity contribution in [2.75, 3.05) is 25.5 Å². The molecule has 1 fully saturated rings. The van der Waals surface area contributed by atoms with Crippen LogP contribution in [-0.4, -0.2) is 45.3 Å². The summed E-state index contributed by atoms with van der Waals surface area (Å²) in [7, 11) is -2.64. The highest BCUT2D eigenvalue weighted by atomic mass is 32.2. The Morgan fingerprint density at radius 2 is 2.08 bits per heavy atom. The van der Waals surface area contributed by atoms with Crippen molar-refractivity contribution in [2.45, 2.75) is 24.7 Å². The third kappa shape index (κ3) is 4.24. The zero-order chi connectivity index (χ0) is 17.9. The standard InChI is InChI=1S/C15H21N3O5S/c1-10(19)18-7-3-4-11(9-18)15(20)17-12-5-6-13(23-2)14(8-12)24(16,21)22/h5-6,8,11H,3-4,7,9H2,1-2H3,(H,17,20)(H2,16,21,22)/t11-/m0/s1. The van der Waals surface area contributed by atoms with Gasteiger partial charge in [0.25, 0.3) is 0 Å². The van der Waals surface area contributed by atoms with Crippen LogP contribution < -0.4 is 15.2 Å². The van der Waals surface area contributed by atoms with Gasteiger partial charge < -0.3 is 15.0 Å². The van der Waals surface area contributed by atoms with Gasteiger partial charge in [0.2, 0.25) is 21.8 Å². The molecule has 1 aromatic carbocycles. The maximum Gasteiger partial charge on any atom is 0.241 e. The van der Waals surface area contributed by atoms with E-state index < -0.39 is 10.0 Å². The summed E-state index contributed by atoms with van der Waals surface area (Å²) >= 11 is 0. The molecular formula is C15H21N3O5S. The first-order valence-corrected chi connectivity index (χ1v) is 9.04. The minimum Gasteiger partial charge on any atom is -0.495 e.